The Labute approximate surface area is 86.9 Å². The van der Waals surface area contributed by atoms with Gasteiger partial charge < -0.3 is 0 Å². The van der Waals surface area contributed by atoms with Gasteiger partial charge in [-0.1, -0.05) is 37.1 Å². The van der Waals surface area contributed by atoms with Gasteiger partial charge in [-0.15, -0.1) is 0 Å². The molecule has 1 aliphatic carbocycles. The number of hydrogen-bond acceptors (Lipinski definition) is 1. The van der Waals surface area contributed by atoms with Crippen molar-refractivity contribution in [1.82, 2.24) is 0 Å². The minimum absolute atomic E-state index is 0.690. The van der Waals surface area contributed by atoms with Crippen LogP contribution in [0.1, 0.15) is 32.6 Å². The van der Waals surface area contributed by atoms with Gasteiger partial charge in [0, 0.05) is 6.20 Å². The Kier molecular flexibility index (Phi) is 4.37. The van der Waals surface area contributed by atoms with Crippen molar-refractivity contribution in [2.24, 2.45) is 10.9 Å². The van der Waals surface area contributed by atoms with Crippen LogP contribution in [0.3, 0.4) is 0 Å². The molecule has 0 amide bonds. The highest BCUT2D eigenvalue weighted by molar-refractivity contribution is 5.33. The van der Waals surface area contributed by atoms with Crippen molar-refractivity contribution in [3.8, 4) is 0 Å². The molecule has 0 unspecified atom stereocenters. The van der Waals surface area contributed by atoms with Crippen LogP contribution >= 0.6 is 0 Å². The zero-order valence-electron chi connectivity index (χ0n) is 9.00. The minimum atomic E-state index is 0.690. The third-order valence-corrected chi connectivity index (χ3v) is 2.78. The topological polar surface area (TPSA) is 12.4 Å². The van der Waals surface area contributed by atoms with Crippen LogP contribution in [-0.2, 0) is 0 Å². The Bertz CT molecular complexity index is 265. The van der Waals surface area contributed by atoms with E-state index < -0.39 is 0 Å². The average Bonchev–Trinajstić information content (AvgIpc) is 2.69. The lowest BCUT2D eigenvalue weighted by Crippen LogP contribution is -1.96. The van der Waals surface area contributed by atoms with Gasteiger partial charge in [0.2, 0.25) is 0 Å². The Hall–Kier alpha value is -1.11. The summed E-state index contributed by atoms with van der Waals surface area (Å²) in [7, 11) is 0. The van der Waals surface area contributed by atoms with Gasteiger partial charge in [0.15, 0.2) is 0 Å². The summed E-state index contributed by atoms with van der Waals surface area (Å²) < 4.78 is 0. The van der Waals surface area contributed by atoms with Crippen LogP contribution in [0.2, 0.25) is 0 Å². The molecule has 14 heavy (non-hydrogen) atoms. The van der Waals surface area contributed by atoms with Gasteiger partial charge in [0.25, 0.3) is 0 Å². The molecule has 0 aromatic carbocycles. The summed E-state index contributed by atoms with van der Waals surface area (Å²) in [5.41, 5.74) is 2.52. The standard InChI is InChI=1S/C13H19N/c1-4-11(2)9-13(10-14-3)12-7-5-6-8-12/h4,9-10,12H,1,3,5-8H2,2H3/b11-9-,13-10-. The second-order valence-corrected chi connectivity index (χ2v) is 3.89. The number of aliphatic imine (C=N–C) groups is 1. The Morgan fingerprint density at radius 1 is 1.36 bits per heavy atom. The molecule has 1 fully saturated rings. The fourth-order valence-electron chi connectivity index (χ4n) is 1.95. The molecule has 0 aromatic rings. The molecule has 0 bridgehead atoms. The van der Waals surface area contributed by atoms with E-state index >= 15 is 0 Å². The summed E-state index contributed by atoms with van der Waals surface area (Å²) in [5, 5.41) is 0. The number of rotatable bonds is 4. The number of allylic oxidation sites excluding steroid dienone is 4. The van der Waals surface area contributed by atoms with Crippen LogP contribution in [0.25, 0.3) is 0 Å². The maximum Gasteiger partial charge on any atom is 0.0295 e. The van der Waals surface area contributed by atoms with Gasteiger partial charge in [-0.25, -0.2) is 0 Å². The molecule has 0 heterocycles. The quantitative estimate of drug-likeness (QED) is 0.470. The molecule has 76 valence electrons. The van der Waals surface area contributed by atoms with E-state index in [4.69, 9.17) is 0 Å². The Morgan fingerprint density at radius 2 is 2.00 bits per heavy atom. The lowest BCUT2D eigenvalue weighted by molar-refractivity contribution is 0.655. The van der Waals surface area contributed by atoms with E-state index in [1.807, 2.05) is 12.3 Å². The third kappa shape index (κ3) is 2.99. The molecular formula is C13H19N. The first-order valence-electron chi connectivity index (χ1n) is 5.24. The van der Waals surface area contributed by atoms with Crippen LogP contribution in [0, 0.1) is 5.92 Å². The monoisotopic (exact) mass is 189 g/mol. The second-order valence-electron chi connectivity index (χ2n) is 3.89. The summed E-state index contributed by atoms with van der Waals surface area (Å²) in [4.78, 5) is 3.88. The van der Waals surface area contributed by atoms with Crippen LogP contribution in [0.5, 0.6) is 0 Å². The van der Waals surface area contributed by atoms with Crippen molar-refractivity contribution < 1.29 is 0 Å². The van der Waals surface area contributed by atoms with E-state index in [1.165, 1.54) is 36.8 Å². The first-order chi connectivity index (χ1) is 6.77. The van der Waals surface area contributed by atoms with E-state index in [-0.39, 0.29) is 0 Å². The molecule has 1 saturated carbocycles. The van der Waals surface area contributed by atoms with E-state index in [0.29, 0.717) is 5.92 Å². The highest BCUT2D eigenvalue weighted by Crippen LogP contribution is 2.32. The predicted octanol–water partition coefficient (Wildman–Crippen LogP) is 3.89. The van der Waals surface area contributed by atoms with Gasteiger partial charge in [0.1, 0.15) is 0 Å². The highest BCUT2D eigenvalue weighted by atomic mass is 14.6. The molecule has 1 rings (SSSR count). The Balaban J connectivity index is 2.78. The SMILES string of the molecule is C=C/C(C)=C\C(=C\N=C)C1CCCC1. The number of nitrogens with zero attached hydrogens (tertiary/aromatic N) is 1. The van der Waals surface area contributed by atoms with Crippen molar-refractivity contribution in [2.75, 3.05) is 0 Å². The number of hydrogen-bond donors (Lipinski definition) is 0. The molecule has 0 atom stereocenters. The summed E-state index contributed by atoms with van der Waals surface area (Å²) in [5.74, 6) is 0.690. The van der Waals surface area contributed by atoms with Gasteiger partial charge in [-0.3, -0.25) is 4.99 Å². The molecule has 0 saturated heterocycles. The van der Waals surface area contributed by atoms with Gasteiger partial charge >= 0.3 is 0 Å². The molecule has 0 aliphatic heterocycles. The van der Waals surface area contributed by atoms with E-state index in [9.17, 15) is 0 Å². The summed E-state index contributed by atoms with van der Waals surface area (Å²) >= 11 is 0. The van der Waals surface area contributed by atoms with Crippen molar-refractivity contribution in [1.29, 1.82) is 0 Å². The van der Waals surface area contributed by atoms with Crippen LogP contribution in [0.4, 0.5) is 0 Å². The van der Waals surface area contributed by atoms with E-state index in [0.717, 1.165) is 0 Å². The molecule has 0 radical (unpaired) electrons. The zero-order chi connectivity index (χ0) is 10.4. The summed E-state index contributed by atoms with van der Waals surface area (Å²) in [6, 6.07) is 0. The first-order valence-corrected chi connectivity index (χ1v) is 5.24. The smallest absolute Gasteiger partial charge is 0.0295 e. The fourth-order valence-corrected chi connectivity index (χ4v) is 1.95. The molecule has 1 nitrogen and oxygen atoms in total. The summed E-state index contributed by atoms with van der Waals surface area (Å²) in [6.07, 6.45) is 11.2. The molecular weight excluding hydrogens is 170 g/mol. The molecule has 1 aliphatic rings. The van der Waals surface area contributed by atoms with Crippen LogP contribution < -0.4 is 0 Å². The van der Waals surface area contributed by atoms with Crippen molar-refractivity contribution >= 4 is 6.72 Å². The maximum absolute atomic E-state index is 3.88. The van der Waals surface area contributed by atoms with E-state index in [1.54, 1.807) is 0 Å². The van der Waals surface area contributed by atoms with Gasteiger partial charge in [-0.05, 0) is 38.0 Å². The lowest BCUT2D eigenvalue weighted by atomic mass is 9.96. The first kappa shape index (κ1) is 11.0. The molecule has 0 N–H and O–H groups in total. The molecule has 0 aromatic heterocycles. The average molecular weight is 189 g/mol. The molecule has 0 spiro atoms. The molecule has 1 heteroatoms. The highest BCUT2D eigenvalue weighted by Gasteiger charge is 2.17. The van der Waals surface area contributed by atoms with Gasteiger partial charge in [0.05, 0.1) is 0 Å². The predicted molar refractivity (Wildman–Crippen MR) is 63.5 cm³/mol. The van der Waals surface area contributed by atoms with E-state index in [2.05, 4.69) is 31.3 Å². The van der Waals surface area contributed by atoms with Crippen molar-refractivity contribution in [3.05, 3.63) is 36.1 Å². The van der Waals surface area contributed by atoms with Crippen molar-refractivity contribution in [3.63, 3.8) is 0 Å². The minimum Gasteiger partial charge on any atom is -0.272 e. The van der Waals surface area contributed by atoms with Gasteiger partial charge in [-0.2, -0.15) is 0 Å². The third-order valence-electron chi connectivity index (χ3n) is 2.78. The maximum atomic E-state index is 3.88. The second kappa shape index (κ2) is 5.58. The van der Waals surface area contributed by atoms with Crippen LogP contribution in [-0.4, -0.2) is 6.72 Å². The fraction of sp³-hybridized carbons (Fsp3) is 0.462. The largest absolute Gasteiger partial charge is 0.272 e. The summed E-state index contributed by atoms with van der Waals surface area (Å²) in [6.45, 7) is 9.35. The Morgan fingerprint density at radius 3 is 2.50 bits per heavy atom. The van der Waals surface area contributed by atoms with Crippen LogP contribution in [0.15, 0.2) is 41.1 Å². The normalized spacial score (nSPS) is 19.8. The van der Waals surface area contributed by atoms with Crippen molar-refractivity contribution in [2.45, 2.75) is 32.6 Å². The lowest BCUT2D eigenvalue weighted by Gasteiger charge is -2.10. The zero-order valence-corrected chi connectivity index (χ0v) is 9.00.